The van der Waals surface area contributed by atoms with Crippen molar-refractivity contribution in [3.8, 4) is 11.5 Å². The third-order valence-electron chi connectivity index (χ3n) is 5.20. The van der Waals surface area contributed by atoms with Gasteiger partial charge in [-0.2, -0.15) is 0 Å². The monoisotopic (exact) mass is 387 g/mol. The van der Waals surface area contributed by atoms with E-state index < -0.39 is 11.6 Å². The second kappa shape index (κ2) is 8.19. The lowest BCUT2D eigenvalue weighted by atomic mass is 9.81. The van der Waals surface area contributed by atoms with Gasteiger partial charge >= 0.3 is 0 Å². The van der Waals surface area contributed by atoms with Crippen LogP contribution in [0.15, 0.2) is 42.5 Å². The van der Waals surface area contributed by atoms with Gasteiger partial charge in [-0.05, 0) is 30.7 Å². The van der Waals surface area contributed by atoms with Crippen molar-refractivity contribution in [3.05, 3.63) is 59.4 Å². The van der Waals surface area contributed by atoms with Crippen LogP contribution < -0.4 is 10.1 Å². The van der Waals surface area contributed by atoms with Crippen molar-refractivity contribution in [1.82, 2.24) is 5.32 Å². The molecule has 0 aromatic heterocycles. The van der Waals surface area contributed by atoms with Crippen LogP contribution in [0.1, 0.15) is 56.4 Å². The molecule has 5 nitrogen and oxygen atoms in total. The van der Waals surface area contributed by atoms with Gasteiger partial charge in [-0.1, -0.05) is 31.2 Å². The topological polar surface area (TPSA) is 67.8 Å². The van der Waals surface area contributed by atoms with E-state index in [1.54, 1.807) is 37.3 Å². The maximum Gasteiger partial charge on any atom is 0.220 e. The van der Waals surface area contributed by atoms with Crippen molar-refractivity contribution >= 4 is 5.91 Å². The summed E-state index contributed by atoms with van der Waals surface area (Å²) >= 11 is 0. The van der Waals surface area contributed by atoms with Crippen LogP contribution in [0.25, 0.3) is 0 Å². The molecule has 0 bridgehead atoms. The van der Waals surface area contributed by atoms with Crippen LogP contribution in [0.4, 0.5) is 4.39 Å². The molecule has 0 spiro atoms. The number of aromatic hydroxyl groups is 1. The molecular weight excluding hydrogens is 361 g/mol. The lowest BCUT2D eigenvalue weighted by Crippen LogP contribution is -2.50. The Hall–Kier alpha value is -2.60. The molecule has 0 unspecified atom stereocenters. The number of methoxy groups -OCH3 is 1. The molecule has 2 aromatic carbocycles. The summed E-state index contributed by atoms with van der Waals surface area (Å²) in [7, 11) is 1.49. The van der Waals surface area contributed by atoms with Gasteiger partial charge in [0.25, 0.3) is 0 Å². The van der Waals surface area contributed by atoms with E-state index in [2.05, 4.69) is 5.32 Å². The molecule has 0 radical (unpaired) electrons. The first kappa shape index (κ1) is 20.1. The van der Waals surface area contributed by atoms with Crippen molar-refractivity contribution in [1.29, 1.82) is 0 Å². The van der Waals surface area contributed by atoms with E-state index in [9.17, 15) is 14.3 Å². The van der Waals surface area contributed by atoms with Crippen molar-refractivity contribution in [2.75, 3.05) is 7.11 Å². The maximum absolute atomic E-state index is 13.4. The quantitative estimate of drug-likeness (QED) is 0.797. The number of carbonyl (C=O) groups excluding carboxylic acids is 1. The Balaban J connectivity index is 1.97. The van der Waals surface area contributed by atoms with Crippen molar-refractivity contribution in [2.45, 2.75) is 50.9 Å². The molecule has 150 valence electrons. The van der Waals surface area contributed by atoms with E-state index in [1.807, 2.05) is 6.92 Å². The zero-order valence-corrected chi connectivity index (χ0v) is 16.4. The molecule has 2 aromatic rings. The largest absolute Gasteiger partial charge is 0.504 e. The molecule has 0 aliphatic carbocycles. The van der Waals surface area contributed by atoms with Gasteiger partial charge in [-0.3, -0.25) is 4.79 Å². The van der Waals surface area contributed by atoms with Crippen LogP contribution >= 0.6 is 0 Å². The number of hydrogen-bond acceptors (Lipinski definition) is 4. The highest BCUT2D eigenvalue weighted by Gasteiger charge is 2.41. The molecule has 1 fully saturated rings. The summed E-state index contributed by atoms with van der Waals surface area (Å²) in [5, 5.41) is 13.7. The summed E-state index contributed by atoms with van der Waals surface area (Å²) in [4.78, 5) is 12.1. The van der Waals surface area contributed by atoms with Crippen molar-refractivity contribution in [2.24, 2.45) is 0 Å². The fourth-order valence-electron chi connectivity index (χ4n) is 3.74. The zero-order valence-electron chi connectivity index (χ0n) is 16.4. The third kappa shape index (κ3) is 4.28. The Morgan fingerprint density at radius 2 is 1.93 bits per heavy atom. The lowest BCUT2D eigenvalue weighted by Gasteiger charge is -2.43. The molecule has 3 atom stereocenters. The fourth-order valence-corrected chi connectivity index (χ4v) is 3.74. The number of halogens is 1. The number of nitrogens with one attached hydrogen (secondary N) is 1. The van der Waals surface area contributed by atoms with E-state index in [1.165, 1.54) is 19.2 Å². The van der Waals surface area contributed by atoms with E-state index in [4.69, 9.17) is 9.47 Å². The Labute approximate surface area is 164 Å². The molecule has 2 N–H and O–H groups in total. The second-order valence-corrected chi connectivity index (χ2v) is 7.43. The number of benzene rings is 2. The molecule has 1 aliphatic heterocycles. The SMILES string of the molecule is CCC(=O)N[C@@]1(C)C[C@@H](c2ccc(F)cc2)O[C@@H](c2cccc(OC)c2O)C1. The second-order valence-electron chi connectivity index (χ2n) is 7.43. The van der Waals surface area contributed by atoms with E-state index in [0.717, 1.165) is 5.56 Å². The highest BCUT2D eigenvalue weighted by atomic mass is 19.1. The average molecular weight is 387 g/mol. The van der Waals surface area contributed by atoms with Crippen LogP contribution in [0.5, 0.6) is 11.5 Å². The highest BCUT2D eigenvalue weighted by molar-refractivity contribution is 5.76. The number of hydrogen-bond donors (Lipinski definition) is 2. The zero-order chi connectivity index (χ0) is 20.3. The third-order valence-corrected chi connectivity index (χ3v) is 5.20. The standard InChI is InChI=1S/C22H26FNO4/c1-4-20(25)24-22(2)12-18(14-8-10-15(23)11-9-14)28-19(13-22)16-6-5-7-17(27-3)21(16)26/h5-11,18-19,26H,4,12-13H2,1-3H3,(H,24,25)/t18-,19+,22-/m0/s1. The molecule has 1 amide bonds. The highest BCUT2D eigenvalue weighted by Crippen LogP contribution is 2.47. The first-order valence-electron chi connectivity index (χ1n) is 9.43. The number of carbonyl (C=O) groups is 1. The van der Waals surface area contributed by atoms with Gasteiger partial charge in [0, 0.05) is 30.4 Å². The number of ether oxygens (including phenoxy) is 2. The van der Waals surface area contributed by atoms with Crippen LogP contribution in [0, 0.1) is 5.82 Å². The minimum absolute atomic E-state index is 0.0268. The summed E-state index contributed by atoms with van der Waals surface area (Å²) in [6.07, 6.45) is 0.614. The maximum atomic E-state index is 13.4. The summed E-state index contributed by atoms with van der Waals surface area (Å²) in [6, 6.07) is 11.4. The lowest BCUT2D eigenvalue weighted by molar-refractivity contribution is -0.128. The predicted molar refractivity (Wildman–Crippen MR) is 104 cm³/mol. The first-order valence-corrected chi connectivity index (χ1v) is 9.43. The molecule has 3 rings (SSSR count). The van der Waals surface area contributed by atoms with Gasteiger partial charge in [0.1, 0.15) is 5.82 Å². The normalized spacial score (nSPS) is 24.6. The van der Waals surface area contributed by atoms with Crippen LogP contribution in [0.3, 0.4) is 0 Å². The minimum Gasteiger partial charge on any atom is -0.504 e. The molecule has 6 heteroatoms. The first-order chi connectivity index (χ1) is 13.3. The Morgan fingerprint density at radius 1 is 1.25 bits per heavy atom. The van der Waals surface area contributed by atoms with E-state index in [-0.39, 0.29) is 23.6 Å². The van der Waals surface area contributed by atoms with Gasteiger partial charge in [-0.25, -0.2) is 4.39 Å². The number of amides is 1. The number of rotatable bonds is 5. The van der Waals surface area contributed by atoms with Crippen molar-refractivity contribution in [3.63, 3.8) is 0 Å². The number of phenols is 1. The van der Waals surface area contributed by atoms with Crippen LogP contribution in [-0.2, 0) is 9.53 Å². The van der Waals surface area contributed by atoms with Gasteiger partial charge < -0.3 is 19.9 Å². The summed E-state index contributed by atoms with van der Waals surface area (Å²) < 4.78 is 24.9. The van der Waals surface area contributed by atoms with Gasteiger partial charge in [0.05, 0.1) is 19.3 Å². The summed E-state index contributed by atoms with van der Waals surface area (Å²) in [5.41, 5.74) is 0.887. The predicted octanol–water partition coefficient (Wildman–Crippen LogP) is 4.42. The Bertz CT molecular complexity index is 839. The van der Waals surface area contributed by atoms with Gasteiger partial charge in [-0.15, -0.1) is 0 Å². The molecule has 0 saturated carbocycles. The summed E-state index contributed by atoms with van der Waals surface area (Å²) in [5.74, 6) is 0.0303. The Morgan fingerprint density at radius 3 is 2.57 bits per heavy atom. The fraction of sp³-hybridized carbons (Fsp3) is 0.409. The van der Waals surface area contributed by atoms with Crippen LogP contribution in [0.2, 0.25) is 0 Å². The molecule has 1 saturated heterocycles. The van der Waals surface area contributed by atoms with Crippen molar-refractivity contribution < 1.29 is 23.8 Å². The molecule has 28 heavy (non-hydrogen) atoms. The molecule has 1 heterocycles. The smallest absolute Gasteiger partial charge is 0.220 e. The van der Waals surface area contributed by atoms with E-state index >= 15 is 0 Å². The average Bonchev–Trinajstić information content (AvgIpc) is 2.67. The van der Waals surface area contributed by atoms with E-state index in [0.29, 0.717) is 30.6 Å². The number of para-hydroxylation sites is 1. The minimum atomic E-state index is -0.537. The van der Waals surface area contributed by atoms with Crippen LogP contribution in [-0.4, -0.2) is 23.7 Å². The summed E-state index contributed by atoms with van der Waals surface area (Å²) in [6.45, 7) is 3.78. The van der Waals surface area contributed by atoms with Gasteiger partial charge in [0.2, 0.25) is 5.91 Å². The molecular formula is C22H26FNO4. The molecule has 1 aliphatic rings. The van der Waals surface area contributed by atoms with Gasteiger partial charge in [0.15, 0.2) is 11.5 Å². The Kier molecular flexibility index (Phi) is 5.89. The number of phenolic OH excluding ortho intramolecular Hbond substituents is 1.